The molecule has 0 unspecified atom stereocenters. The minimum atomic E-state index is -0.727. The molecule has 1 aromatic carbocycles. The zero-order chi connectivity index (χ0) is 14.5. The molecule has 5 heteroatoms. The van der Waals surface area contributed by atoms with E-state index in [4.69, 9.17) is 0 Å². The van der Waals surface area contributed by atoms with Crippen molar-refractivity contribution in [3.8, 4) is 5.75 Å². The van der Waals surface area contributed by atoms with E-state index in [1.165, 1.54) is 17.0 Å². The number of pyridine rings is 1. The first kappa shape index (κ1) is 14.0. The van der Waals surface area contributed by atoms with Crippen LogP contribution in [0.2, 0.25) is 0 Å². The van der Waals surface area contributed by atoms with E-state index < -0.39 is 11.7 Å². The second-order valence-electron chi connectivity index (χ2n) is 4.27. The highest BCUT2D eigenvalue weighted by molar-refractivity contribution is 5.97. The van der Waals surface area contributed by atoms with Crippen LogP contribution >= 0.6 is 0 Å². The number of phenolic OH excluding ortho intramolecular Hbond substituents is 1. The number of aromatic hydroxyl groups is 1. The maximum absolute atomic E-state index is 13.7. The summed E-state index contributed by atoms with van der Waals surface area (Å²) < 4.78 is 13.7. The lowest BCUT2D eigenvalue weighted by Gasteiger charge is -2.21. The number of hydrogen-bond donors (Lipinski definition) is 1. The monoisotopic (exact) mass is 274 g/mol. The fraction of sp³-hybridized carbons (Fsp3) is 0.200. The quantitative estimate of drug-likeness (QED) is 0.932. The van der Waals surface area contributed by atoms with Gasteiger partial charge in [-0.25, -0.2) is 4.39 Å². The molecule has 0 fully saturated rings. The number of hydrogen-bond acceptors (Lipinski definition) is 3. The molecular weight excluding hydrogens is 259 g/mol. The molecule has 1 N–H and O–H groups in total. The summed E-state index contributed by atoms with van der Waals surface area (Å²) in [5, 5.41) is 9.67. The van der Waals surface area contributed by atoms with E-state index in [1.807, 2.05) is 6.07 Å². The lowest BCUT2D eigenvalue weighted by molar-refractivity contribution is 0.0742. The number of halogens is 1. The van der Waals surface area contributed by atoms with Crippen molar-refractivity contribution in [2.75, 3.05) is 6.54 Å². The SMILES string of the molecule is CCN(Cc1ccccn1)C(=O)c1c(O)cccc1F. The maximum atomic E-state index is 13.7. The highest BCUT2D eigenvalue weighted by Gasteiger charge is 2.22. The third-order valence-electron chi connectivity index (χ3n) is 2.95. The molecule has 0 atom stereocenters. The highest BCUT2D eigenvalue weighted by atomic mass is 19.1. The average molecular weight is 274 g/mol. The lowest BCUT2D eigenvalue weighted by atomic mass is 10.1. The topological polar surface area (TPSA) is 53.4 Å². The van der Waals surface area contributed by atoms with E-state index in [9.17, 15) is 14.3 Å². The lowest BCUT2D eigenvalue weighted by Crippen LogP contribution is -2.31. The Bertz CT molecular complexity index is 582. The van der Waals surface area contributed by atoms with Crippen molar-refractivity contribution in [1.29, 1.82) is 0 Å². The van der Waals surface area contributed by atoms with Crippen LogP contribution in [0.15, 0.2) is 42.6 Å². The van der Waals surface area contributed by atoms with Gasteiger partial charge in [0.15, 0.2) is 0 Å². The van der Waals surface area contributed by atoms with Gasteiger partial charge in [0.25, 0.3) is 5.91 Å². The first-order chi connectivity index (χ1) is 9.63. The van der Waals surface area contributed by atoms with Crippen LogP contribution in [0.25, 0.3) is 0 Å². The van der Waals surface area contributed by atoms with Crippen LogP contribution in [0.4, 0.5) is 4.39 Å². The summed E-state index contributed by atoms with van der Waals surface area (Å²) in [5.74, 6) is -1.63. The largest absolute Gasteiger partial charge is 0.507 e. The maximum Gasteiger partial charge on any atom is 0.260 e. The van der Waals surface area contributed by atoms with Gasteiger partial charge in [-0.2, -0.15) is 0 Å². The minimum absolute atomic E-state index is 0.268. The second-order valence-corrected chi connectivity index (χ2v) is 4.27. The van der Waals surface area contributed by atoms with Crippen molar-refractivity contribution < 1.29 is 14.3 Å². The van der Waals surface area contributed by atoms with Crippen molar-refractivity contribution in [3.63, 3.8) is 0 Å². The number of aromatic nitrogens is 1. The normalized spacial score (nSPS) is 10.3. The van der Waals surface area contributed by atoms with Gasteiger partial charge in [-0.15, -0.1) is 0 Å². The van der Waals surface area contributed by atoms with Gasteiger partial charge in [0, 0.05) is 12.7 Å². The zero-order valence-electron chi connectivity index (χ0n) is 11.1. The van der Waals surface area contributed by atoms with E-state index >= 15 is 0 Å². The number of benzene rings is 1. The van der Waals surface area contributed by atoms with Crippen molar-refractivity contribution in [2.24, 2.45) is 0 Å². The Labute approximate surface area is 116 Å². The molecule has 20 heavy (non-hydrogen) atoms. The molecule has 0 saturated heterocycles. The first-order valence-electron chi connectivity index (χ1n) is 6.30. The summed E-state index contributed by atoms with van der Waals surface area (Å²) in [5.41, 5.74) is 0.406. The molecule has 0 aliphatic rings. The molecule has 0 saturated carbocycles. The van der Waals surface area contributed by atoms with E-state index in [0.29, 0.717) is 12.2 Å². The molecule has 0 radical (unpaired) electrons. The van der Waals surface area contributed by atoms with Crippen LogP contribution in [-0.2, 0) is 6.54 Å². The van der Waals surface area contributed by atoms with Crippen LogP contribution in [-0.4, -0.2) is 27.4 Å². The molecule has 104 valence electrons. The molecule has 0 aliphatic heterocycles. The average Bonchev–Trinajstić information content (AvgIpc) is 2.45. The fourth-order valence-corrected chi connectivity index (χ4v) is 1.90. The van der Waals surface area contributed by atoms with Crippen molar-refractivity contribution in [2.45, 2.75) is 13.5 Å². The summed E-state index contributed by atoms with van der Waals surface area (Å²) in [7, 11) is 0. The summed E-state index contributed by atoms with van der Waals surface area (Å²) in [6, 6.07) is 9.20. The summed E-state index contributed by atoms with van der Waals surface area (Å²) >= 11 is 0. The Morgan fingerprint density at radius 2 is 2.10 bits per heavy atom. The van der Waals surface area contributed by atoms with Crippen LogP contribution in [0.1, 0.15) is 23.0 Å². The standard InChI is InChI=1S/C15H15FN2O2/c1-2-18(10-11-6-3-4-9-17-11)15(20)14-12(16)7-5-8-13(14)19/h3-9,19H,2,10H2,1H3. The number of carbonyl (C=O) groups is 1. The summed E-state index contributed by atoms with van der Waals surface area (Å²) in [6.07, 6.45) is 1.63. The second kappa shape index (κ2) is 6.14. The summed E-state index contributed by atoms with van der Waals surface area (Å²) in [4.78, 5) is 17.9. The van der Waals surface area contributed by atoms with Gasteiger partial charge in [-0.1, -0.05) is 12.1 Å². The molecule has 0 aliphatic carbocycles. The molecule has 0 spiro atoms. The van der Waals surface area contributed by atoms with Crippen LogP contribution < -0.4 is 0 Å². The van der Waals surface area contributed by atoms with E-state index in [0.717, 1.165) is 6.07 Å². The molecule has 2 aromatic rings. The Balaban J connectivity index is 2.26. The predicted octanol–water partition coefficient (Wildman–Crippen LogP) is 2.59. The van der Waals surface area contributed by atoms with Crippen LogP contribution in [0, 0.1) is 5.82 Å². The Morgan fingerprint density at radius 1 is 1.30 bits per heavy atom. The molecule has 1 heterocycles. The van der Waals surface area contributed by atoms with E-state index in [-0.39, 0.29) is 17.9 Å². The van der Waals surface area contributed by atoms with E-state index in [2.05, 4.69) is 4.98 Å². The van der Waals surface area contributed by atoms with E-state index in [1.54, 1.807) is 25.3 Å². The molecule has 4 nitrogen and oxygen atoms in total. The predicted molar refractivity (Wildman–Crippen MR) is 72.7 cm³/mol. The van der Waals surface area contributed by atoms with Gasteiger partial charge in [0.1, 0.15) is 17.1 Å². The third-order valence-corrected chi connectivity index (χ3v) is 2.95. The first-order valence-corrected chi connectivity index (χ1v) is 6.30. The molecule has 2 rings (SSSR count). The molecule has 1 aromatic heterocycles. The fourth-order valence-electron chi connectivity index (χ4n) is 1.90. The highest BCUT2D eigenvalue weighted by Crippen LogP contribution is 2.22. The zero-order valence-corrected chi connectivity index (χ0v) is 11.1. The van der Waals surface area contributed by atoms with Gasteiger partial charge in [0.05, 0.1) is 12.2 Å². The van der Waals surface area contributed by atoms with Gasteiger partial charge in [0.2, 0.25) is 0 Å². The Kier molecular flexibility index (Phi) is 4.30. The Morgan fingerprint density at radius 3 is 2.70 bits per heavy atom. The van der Waals surface area contributed by atoms with Crippen molar-refractivity contribution in [3.05, 3.63) is 59.7 Å². The molecular formula is C15H15FN2O2. The van der Waals surface area contributed by atoms with Gasteiger partial charge < -0.3 is 10.0 Å². The number of phenols is 1. The van der Waals surface area contributed by atoms with Crippen molar-refractivity contribution >= 4 is 5.91 Å². The molecule has 1 amide bonds. The summed E-state index contributed by atoms with van der Waals surface area (Å²) in [6.45, 7) is 2.45. The molecule has 0 bridgehead atoms. The van der Waals surface area contributed by atoms with Gasteiger partial charge in [-0.05, 0) is 31.2 Å². The van der Waals surface area contributed by atoms with Crippen LogP contribution in [0.3, 0.4) is 0 Å². The number of rotatable bonds is 4. The van der Waals surface area contributed by atoms with Crippen molar-refractivity contribution in [1.82, 2.24) is 9.88 Å². The van der Waals surface area contributed by atoms with Gasteiger partial charge in [-0.3, -0.25) is 9.78 Å². The number of amides is 1. The Hall–Kier alpha value is -2.43. The number of nitrogens with zero attached hydrogens (tertiary/aromatic N) is 2. The smallest absolute Gasteiger partial charge is 0.260 e. The van der Waals surface area contributed by atoms with Crippen LogP contribution in [0.5, 0.6) is 5.75 Å². The third kappa shape index (κ3) is 2.93. The van der Waals surface area contributed by atoms with Gasteiger partial charge >= 0.3 is 0 Å². The number of carbonyl (C=O) groups excluding carboxylic acids is 1. The minimum Gasteiger partial charge on any atom is -0.507 e.